The van der Waals surface area contributed by atoms with Gasteiger partial charge < -0.3 is 9.47 Å². The second-order valence-corrected chi connectivity index (χ2v) is 7.17. The van der Waals surface area contributed by atoms with E-state index in [0.29, 0.717) is 13.5 Å². The molecule has 0 fully saturated rings. The number of hydrogen-bond donors (Lipinski definition) is 0. The van der Waals surface area contributed by atoms with Crippen LogP contribution in [-0.2, 0) is 36.0 Å². The lowest BCUT2D eigenvalue weighted by Gasteiger charge is -2.03. The molecule has 0 radical (unpaired) electrons. The highest BCUT2D eigenvalue weighted by molar-refractivity contribution is 4.66. The van der Waals surface area contributed by atoms with Gasteiger partial charge in [0.1, 0.15) is 24.8 Å². The molecule has 0 aliphatic carbocycles. The second-order valence-electron chi connectivity index (χ2n) is 7.17. The predicted molar refractivity (Wildman–Crippen MR) is 105 cm³/mol. The van der Waals surface area contributed by atoms with Crippen molar-refractivity contribution in [2.75, 3.05) is 13.2 Å². The summed E-state index contributed by atoms with van der Waals surface area (Å²) in [6.45, 7) is 9.30. The van der Waals surface area contributed by atoms with Crippen LogP contribution in [0.4, 0.5) is 0 Å². The summed E-state index contributed by atoms with van der Waals surface area (Å²) in [4.78, 5) is 0. The maximum atomic E-state index is 5.73. The lowest BCUT2D eigenvalue weighted by atomic mass is 10.2. The number of ether oxygens (including phenoxy) is 2. The minimum absolute atomic E-state index is 0.607. The molecule has 0 unspecified atom stereocenters. The number of aryl methyl sites for hydroxylation is 2. The zero-order valence-electron chi connectivity index (χ0n) is 17.3. The summed E-state index contributed by atoms with van der Waals surface area (Å²) in [6.07, 6.45) is 21.1. The summed E-state index contributed by atoms with van der Waals surface area (Å²) in [6, 6.07) is 0. The van der Waals surface area contributed by atoms with Crippen molar-refractivity contribution in [3.63, 3.8) is 0 Å². The van der Waals surface area contributed by atoms with E-state index < -0.39 is 0 Å². The van der Waals surface area contributed by atoms with Gasteiger partial charge in [0.2, 0.25) is 12.7 Å². The predicted octanol–water partition coefficient (Wildman–Crippen LogP) is 3.28. The van der Waals surface area contributed by atoms with Crippen molar-refractivity contribution in [2.24, 2.45) is 0 Å². The fourth-order valence-electron chi connectivity index (χ4n) is 2.99. The molecule has 0 saturated carbocycles. The highest BCUT2D eigenvalue weighted by atomic mass is 16.5. The molecule has 6 nitrogen and oxygen atoms in total. The third-order valence-electron chi connectivity index (χ3n) is 4.59. The monoisotopic (exact) mass is 378 g/mol. The normalized spacial score (nSPS) is 11.3. The number of hydrogen-bond acceptors (Lipinski definition) is 2. The Morgan fingerprint density at radius 2 is 1.15 bits per heavy atom. The molecule has 0 saturated heterocycles. The molecular formula is C21H38N4O2+2. The van der Waals surface area contributed by atoms with E-state index in [0.717, 1.165) is 32.7 Å². The first-order valence-corrected chi connectivity index (χ1v) is 10.6. The Balaban J connectivity index is 1.48. The standard InChI is InChI=1S/C21H38N4O2/c1-3-5-7-10-22-12-14-24(18-22)20-26-16-9-17-27-21-25-15-13-23(19-25)11-8-6-4-2/h12-15,18-19H,3-11,16-17,20-21H2,1-2H3/q+2. The van der Waals surface area contributed by atoms with Gasteiger partial charge in [0.05, 0.1) is 26.3 Å². The van der Waals surface area contributed by atoms with Crippen molar-refractivity contribution in [3.8, 4) is 0 Å². The third-order valence-corrected chi connectivity index (χ3v) is 4.59. The Bertz CT molecular complexity index is 557. The van der Waals surface area contributed by atoms with Crippen molar-refractivity contribution in [2.45, 2.75) is 85.3 Å². The van der Waals surface area contributed by atoms with Crippen molar-refractivity contribution in [3.05, 3.63) is 37.4 Å². The average Bonchev–Trinajstić information content (AvgIpc) is 3.31. The zero-order chi connectivity index (χ0) is 19.2. The van der Waals surface area contributed by atoms with Gasteiger partial charge in [0, 0.05) is 0 Å². The van der Waals surface area contributed by atoms with Crippen molar-refractivity contribution in [1.29, 1.82) is 0 Å². The fraction of sp³-hybridized carbons (Fsp3) is 0.714. The van der Waals surface area contributed by atoms with Gasteiger partial charge >= 0.3 is 0 Å². The van der Waals surface area contributed by atoms with Crippen molar-refractivity contribution < 1.29 is 18.6 Å². The molecule has 0 aliphatic rings. The summed E-state index contributed by atoms with van der Waals surface area (Å²) < 4.78 is 20.1. The zero-order valence-corrected chi connectivity index (χ0v) is 17.3. The molecule has 0 N–H and O–H groups in total. The summed E-state index contributed by atoms with van der Waals surface area (Å²) in [5.41, 5.74) is 0. The van der Waals surface area contributed by atoms with Gasteiger partial charge in [-0.2, -0.15) is 0 Å². The van der Waals surface area contributed by atoms with Crippen molar-refractivity contribution >= 4 is 0 Å². The van der Waals surface area contributed by atoms with Crippen LogP contribution in [0.1, 0.15) is 58.8 Å². The summed E-state index contributed by atoms with van der Waals surface area (Å²) in [5.74, 6) is 0. The molecule has 0 atom stereocenters. The Hall–Kier alpha value is -1.66. The van der Waals surface area contributed by atoms with E-state index >= 15 is 0 Å². The number of unbranched alkanes of at least 4 members (excludes halogenated alkanes) is 4. The van der Waals surface area contributed by atoms with Gasteiger partial charge in [0.15, 0.2) is 13.5 Å². The van der Waals surface area contributed by atoms with Crippen LogP contribution in [0.3, 0.4) is 0 Å². The van der Waals surface area contributed by atoms with Gasteiger partial charge in [-0.05, 0) is 32.1 Å². The molecule has 2 aromatic heterocycles. The minimum Gasteiger partial charge on any atom is -0.342 e. The van der Waals surface area contributed by atoms with Crippen LogP contribution in [0.25, 0.3) is 0 Å². The Morgan fingerprint density at radius 3 is 1.59 bits per heavy atom. The Kier molecular flexibility index (Phi) is 10.8. The van der Waals surface area contributed by atoms with E-state index in [4.69, 9.17) is 9.47 Å². The molecule has 6 heteroatoms. The van der Waals surface area contributed by atoms with Gasteiger partial charge in [-0.3, -0.25) is 0 Å². The molecular weight excluding hydrogens is 340 g/mol. The number of rotatable bonds is 16. The van der Waals surface area contributed by atoms with Gasteiger partial charge in [0.25, 0.3) is 0 Å². The quantitative estimate of drug-likeness (QED) is 0.332. The number of nitrogens with zero attached hydrogens (tertiary/aromatic N) is 4. The van der Waals surface area contributed by atoms with E-state index in [-0.39, 0.29) is 0 Å². The Labute approximate surface area is 164 Å². The maximum Gasteiger partial charge on any atom is 0.245 e. The van der Waals surface area contributed by atoms with Gasteiger partial charge in [-0.1, -0.05) is 26.7 Å². The van der Waals surface area contributed by atoms with Crippen LogP contribution in [-0.4, -0.2) is 22.3 Å². The van der Waals surface area contributed by atoms with E-state index in [1.807, 2.05) is 0 Å². The van der Waals surface area contributed by atoms with Gasteiger partial charge in [-0.25, -0.2) is 18.3 Å². The van der Waals surface area contributed by atoms with E-state index in [1.54, 1.807) is 0 Å². The van der Waals surface area contributed by atoms with Crippen LogP contribution in [0.5, 0.6) is 0 Å². The van der Waals surface area contributed by atoms with E-state index in [2.05, 4.69) is 69.6 Å². The van der Waals surface area contributed by atoms with Crippen molar-refractivity contribution in [1.82, 2.24) is 9.13 Å². The molecule has 0 aliphatic heterocycles. The highest BCUT2D eigenvalue weighted by Gasteiger charge is 2.04. The van der Waals surface area contributed by atoms with Crippen LogP contribution in [0, 0.1) is 0 Å². The maximum absolute atomic E-state index is 5.73. The minimum atomic E-state index is 0.607. The largest absolute Gasteiger partial charge is 0.342 e. The first-order valence-electron chi connectivity index (χ1n) is 10.6. The molecule has 0 amide bonds. The van der Waals surface area contributed by atoms with Crippen LogP contribution in [0.2, 0.25) is 0 Å². The summed E-state index contributed by atoms with van der Waals surface area (Å²) in [5, 5.41) is 0. The molecule has 0 spiro atoms. The lowest BCUT2D eigenvalue weighted by molar-refractivity contribution is -0.733. The molecule has 152 valence electrons. The topological polar surface area (TPSA) is 36.1 Å². The van der Waals surface area contributed by atoms with Crippen LogP contribution < -0.4 is 9.13 Å². The molecule has 27 heavy (non-hydrogen) atoms. The van der Waals surface area contributed by atoms with E-state index in [1.165, 1.54) is 38.5 Å². The second kappa shape index (κ2) is 13.5. The summed E-state index contributed by atoms with van der Waals surface area (Å²) >= 11 is 0. The van der Waals surface area contributed by atoms with Crippen LogP contribution in [0.15, 0.2) is 37.4 Å². The smallest absolute Gasteiger partial charge is 0.245 e. The molecule has 2 rings (SSSR count). The number of imidazole rings is 2. The third kappa shape index (κ3) is 9.20. The van der Waals surface area contributed by atoms with Crippen LogP contribution >= 0.6 is 0 Å². The van der Waals surface area contributed by atoms with Gasteiger partial charge in [-0.15, -0.1) is 0 Å². The average molecular weight is 379 g/mol. The highest BCUT2D eigenvalue weighted by Crippen LogP contribution is 1.98. The molecule has 2 aromatic rings. The SMILES string of the molecule is CCCCCn1cc[n+](COCCCOC[n+]2ccn(CCCCC)c2)c1. The summed E-state index contributed by atoms with van der Waals surface area (Å²) in [7, 11) is 0. The fourth-order valence-corrected chi connectivity index (χ4v) is 2.99. The lowest BCUT2D eigenvalue weighted by Crippen LogP contribution is -2.33. The number of aromatic nitrogens is 4. The Morgan fingerprint density at radius 1 is 0.667 bits per heavy atom. The molecule has 0 aromatic carbocycles. The first-order chi connectivity index (χ1) is 13.3. The molecule has 0 bridgehead atoms. The molecule has 2 heterocycles. The van der Waals surface area contributed by atoms with E-state index in [9.17, 15) is 0 Å². The first kappa shape index (κ1) is 21.6.